The fourth-order valence-electron chi connectivity index (χ4n) is 1.36. The monoisotopic (exact) mass is 294 g/mol. The Morgan fingerprint density at radius 1 is 1.10 bits per heavy atom. The number of hydrogen-bond acceptors (Lipinski definition) is 5. The van der Waals surface area contributed by atoms with E-state index in [4.69, 9.17) is 9.47 Å². The molecule has 0 aromatic heterocycles. The molecule has 7 heteroatoms. The van der Waals surface area contributed by atoms with Crippen LogP contribution in [0.3, 0.4) is 0 Å². The third-order valence-corrected chi connectivity index (χ3v) is 2.53. The molecular weight excluding hydrogens is 276 g/mol. The number of amides is 2. The van der Waals surface area contributed by atoms with Crippen LogP contribution < -0.4 is 15.4 Å². The summed E-state index contributed by atoms with van der Waals surface area (Å²) in [4.78, 5) is 33.6. The van der Waals surface area contributed by atoms with Crippen LogP contribution in [-0.2, 0) is 19.1 Å². The van der Waals surface area contributed by atoms with Crippen LogP contribution in [0.5, 0.6) is 5.75 Å². The average Bonchev–Trinajstić information content (AvgIpc) is 2.49. The Kier molecular flexibility index (Phi) is 6.73. The highest BCUT2D eigenvalue weighted by Gasteiger charge is 2.09. The lowest BCUT2D eigenvalue weighted by molar-refractivity contribution is -0.150. The summed E-state index contributed by atoms with van der Waals surface area (Å²) in [5, 5.41) is 4.65. The molecule has 0 heterocycles. The number of carbonyl (C=O) groups is 3. The molecule has 0 aliphatic carbocycles. The number of likely N-dealkylation sites (N-methyl/N-ethyl adjacent to an activating group) is 1. The van der Waals surface area contributed by atoms with Crippen LogP contribution in [-0.4, -0.2) is 44.6 Å². The second kappa shape index (κ2) is 8.57. The van der Waals surface area contributed by atoms with Crippen molar-refractivity contribution in [1.82, 2.24) is 10.6 Å². The molecule has 1 aromatic carbocycles. The number of benzene rings is 1. The summed E-state index contributed by atoms with van der Waals surface area (Å²) in [6, 6.07) is 7.24. The van der Waals surface area contributed by atoms with Gasteiger partial charge in [-0.25, -0.2) is 4.79 Å². The number of rotatable bonds is 7. The number of esters is 1. The first-order chi connectivity index (χ1) is 10.0. The molecule has 0 atom stereocenters. The summed E-state index contributed by atoms with van der Waals surface area (Å²) >= 11 is 0. The Hall–Kier alpha value is -2.57. The molecule has 2 N–H and O–H groups in total. The molecular formula is C14H18N2O5. The normalized spacial score (nSPS) is 9.62. The molecule has 7 nitrogen and oxygen atoms in total. The SMILES string of the molecule is CNC(=O)CNC(=O)COC(=O)COc1ccccc1C. The van der Waals surface area contributed by atoms with Crippen molar-refractivity contribution in [2.75, 3.05) is 26.8 Å². The molecule has 0 fully saturated rings. The molecule has 0 saturated carbocycles. The van der Waals surface area contributed by atoms with Gasteiger partial charge in [0.1, 0.15) is 5.75 Å². The van der Waals surface area contributed by atoms with E-state index >= 15 is 0 Å². The number of carbonyl (C=O) groups excluding carboxylic acids is 3. The van der Waals surface area contributed by atoms with Crippen molar-refractivity contribution in [3.63, 3.8) is 0 Å². The van der Waals surface area contributed by atoms with E-state index in [0.29, 0.717) is 5.75 Å². The average molecular weight is 294 g/mol. The van der Waals surface area contributed by atoms with Gasteiger partial charge in [0.25, 0.3) is 5.91 Å². The van der Waals surface area contributed by atoms with Crippen LogP contribution in [0.1, 0.15) is 5.56 Å². The smallest absolute Gasteiger partial charge is 0.344 e. The van der Waals surface area contributed by atoms with E-state index in [1.807, 2.05) is 19.1 Å². The Labute approximate surface area is 122 Å². The summed E-state index contributed by atoms with van der Waals surface area (Å²) in [7, 11) is 1.46. The molecule has 0 radical (unpaired) electrons. The summed E-state index contributed by atoms with van der Waals surface area (Å²) in [5.74, 6) is -0.965. The van der Waals surface area contributed by atoms with Gasteiger partial charge in [-0.2, -0.15) is 0 Å². The molecule has 0 aliphatic rings. The highest BCUT2D eigenvalue weighted by molar-refractivity contribution is 5.86. The molecule has 0 unspecified atom stereocenters. The summed E-state index contributed by atoms with van der Waals surface area (Å²) < 4.78 is 10.00. The second-order valence-corrected chi connectivity index (χ2v) is 4.16. The van der Waals surface area contributed by atoms with Gasteiger partial charge in [-0.05, 0) is 18.6 Å². The number of ether oxygens (including phenoxy) is 2. The zero-order chi connectivity index (χ0) is 15.7. The van der Waals surface area contributed by atoms with Crippen molar-refractivity contribution in [2.45, 2.75) is 6.92 Å². The van der Waals surface area contributed by atoms with Gasteiger partial charge >= 0.3 is 5.97 Å². The molecule has 0 spiro atoms. The van der Waals surface area contributed by atoms with Gasteiger partial charge < -0.3 is 20.1 Å². The van der Waals surface area contributed by atoms with Gasteiger partial charge in [0.2, 0.25) is 5.91 Å². The second-order valence-electron chi connectivity index (χ2n) is 4.16. The van der Waals surface area contributed by atoms with Crippen LogP contribution in [0.2, 0.25) is 0 Å². The molecule has 21 heavy (non-hydrogen) atoms. The first-order valence-corrected chi connectivity index (χ1v) is 6.34. The third kappa shape index (κ3) is 6.42. The molecule has 1 rings (SSSR count). The zero-order valence-corrected chi connectivity index (χ0v) is 12.0. The number of hydrogen-bond donors (Lipinski definition) is 2. The van der Waals surface area contributed by atoms with Crippen molar-refractivity contribution >= 4 is 17.8 Å². The lowest BCUT2D eigenvalue weighted by atomic mass is 10.2. The fourth-order valence-corrected chi connectivity index (χ4v) is 1.36. The van der Waals surface area contributed by atoms with E-state index in [-0.39, 0.29) is 19.1 Å². The van der Waals surface area contributed by atoms with E-state index in [1.165, 1.54) is 7.05 Å². The van der Waals surface area contributed by atoms with Crippen LogP contribution in [0.15, 0.2) is 24.3 Å². The number of aryl methyl sites for hydroxylation is 1. The number of para-hydroxylation sites is 1. The highest BCUT2D eigenvalue weighted by Crippen LogP contribution is 2.15. The molecule has 114 valence electrons. The third-order valence-electron chi connectivity index (χ3n) is 2.53. The maximum atomic E-state index is 11.4. The molecule has 0 aliphatic heterocycles. The minimum Gasteiger partial charge on any atom is -0.482 e. The van der Waals surface area contributed by atoms with Crippen molar-refractivity contribution in [3.8, 4) is 5.75 Å². The zero-order valence-electron chi connectivity index (χ0n) is 12.0. The molecule has 0 bridgehead atoms. The summed E-state index contributed by atoms with van der Waals surface area (Å²) in [6.45, 7) is 0.958. The summed E-state index contributed by atoms with van der Waals surface area (Å²) in [5.41, 5.74) is 0.897. The van der Waals surface area contributed by atoms with E-state index in [2.05, 4.69) is 10.6 Å². The van der Waals surface area contributed by atoms with Crippen molar-refractivity contribution in [2.24, 2.45) is 0 Å². The predicted molar refractivity (Wildman–Crippen MR) is 74.7 cm³/mol. The van der Waals surface area contributed by atoms with Gasteiger partial charge in [0.05, 0.1) is 6.54 Å². The minimum absolute atomic E-state index is 0.160. The topological polar surface area (TPSA) is 93.7 Å². The van der Waals surface area contributed by atoms with Crippen molar-refractivity contribution in [1.29, 1.82) is 0 Å². The maximum absolute atomic E-state index is 11.4. The van der Waals surface area contributed by atoms with Crippen molar-refractivity contribution in [3.05, 3.63) is 29.8 Å². The van der Waals surface area contributed by atoms with Gasteiger partial charge in [-0.1, -0.05) is 18.2 Å². The Balaban J connectivity index is 2.24. The molecule has 0 saturated heterocycles. The Morgan fingerprint density at radius 3 is 2.48 bits per heavy atom. The maximum Gasteiger partial charge on any atom is 0.344 e. The largest absolute Gasteiger partial charge is 0.482 e. The van der Waals surface area contributed by atoms with E-state index in [9.17, 15) is 14.4 Å². The van der Waals surface area contributed by atoms with E-state index in [0.717, 1.165) is 5.56 Å². The number of nitrogens with one attached hydrogen (secondary N) is 2. The van der Waals surface area contributed by atoms with Crippen LogP contribution in [0.4, 0.5) is 0 Å². The quantitative estimate of drug-likeness (QED) is 0.678. The first kappa shape index (κ1) is 16.5. The van der Waals surface area contributed by atoms with Crippen LogP contribution >= 0.6 is 0 Å². The lowest BCUT2D eigenvalue weighted by Crippen LogP contribution is -2.37. The molecule has 1 aromatic rings. The highest BCUT2D eigenvalue weighted by atomic mass is 16.6. The van der Waals surface area contributed by atoms with Gasteiger partial charge in [0.15, 0.2) is 13.2 Å². The van der Waals surface area contributed by atoms with E-state index in [1.54, 1.807) is 12.1 Å². The van der Waals surface area contributed by atoms with Crippen molar-refractivity contribution < 1.29 is 23.9 Å². The standard InChI is InChI=1S/C14H18N2O5/c1-10-5-3-4-6-11(10)20-9-14(19)21-8-13(18)16-7-12(17)15-2/h3-6H,7-9H2,1-2H3,(H,15,17)(H,16,18). The predicted octanol–water partition coefficient (Wildman–Crippen LogP) is -0.221. The minimum atomic E-state index is -0.659. The Bertz CT molecular complexity index is 516. The lowest BCUT2D eigenvalue weighted by Gasteiger charge is -2.09. The first-order valence-electron chi connectivity index (χ1n) is 6.34. The van der Waals surface area contributed by atoms with Crippen LogP contribution in [0, 0.1) is 6.92 Å². The fraction of sp³-hybridized carbons (Fsp3) is 0.357. The van der Waals surface area contributed by atoms with E-state index < -0.39 is 18.5 Å². The van der Waals surface area contributed by atoms with Crippen LogP contribution in [0.25, 0.3) is 0 Å². The van der Waals surface area contributed by atoms with Gasteiger partial charge in [0, 0.05) is 7.05 Å². The van der Waals surface area contributed by atoms with Gasteiger partial charge in [-0.15, -0.1) is 0 Å². The molecule has 2 amide bonds. The van der Waals surface area contributed by atoms with Gasteiger partial charge in [-0.3, -0.25) is 9.59 Å². The Morgan fingerprint density at radius 2 is 1.81 bits per heavy atom. The summed E-state index contributed by atoms with van der Waals surface area (Å²) in [6.07, 6.45) is 0.